The zero-order valence-corrected chi connectivity index (χ0v) is 13.5. The SMILES string of the molecule is NC1(/N=C/c2cccs2)C=CC(N)(/N=C/c2cccs2)S1. The number of thioether (sulfide) groups is 1. The summed E-state index contributed by atoms with van der Waals surface area (Å²) in [6.45, 7) is 0. The third-order valence-corrected chi connectivity index (χ3v) is 5.51. The van der Waals surface area contributed by atoms with E-state index in [9.17, 15) is 0 Å². The van der Waals surface area contributed by atoms with E-state index in [1.54, 1.807) is 47.3 Å². The van der Waals surface area contributed by atoms with Gasteiger partial charge in [-0.1, -0.05) is 23.9 Å². The van der Waals surface area contributed by atoms with Gasteiger partial charge in [0.2, 0.25) is 0 Å². The average molecular weight is 334 g/mol. The molecule has 0 aliphatic carbocycles. The smallest absolute Gasteiger partial charge is 0.178 e. The lowest BCUT2D eigenvalue weighted by atomic mass is 10.4. The highest BCUT2D eigenvalue weighted by Crippen LogP contribution is 2.40. The van der Waals surface area contributed by atoms with Crippen molar-refractivity contribution in [3.05, 3.63) is 56.9 Å². The molecule has 2 aromatic heterocycles. The molecule has 0 spiro atoms. The van der Waals surface area contributed by atoms with E-state index in [1.807, 2.05) is 35.0 Å². The fraction of sp³-hybridized carbons (Fsp3) is 0.143. The minimum Gasteiger partial charge on any atom is -0.295 e. The summed E-state index contributed by atoms with van der Waals surface area (Å²) in [5, 5.41) is 4.00. The molecule has 3 rings (SSSR count). The maximum absolute atomic E-state index is 6.23. The fourth-order valence-corrected chi connectivity index (χ4v) is 3.94. The Morgan fingerprint density at radius 1 is 0.857 bits per heavy atom. The molecule has 1 aliphatic rings. The van der Waals surface area contributed by atoms with Gasteiger partial charge in [-0.05, 0) is 35.0 Å². The van der Waals surface area contributed by atoms with Crippen molar-refractivity contribution in [2.24, 2.45) is 21.5 Å². The zero-order chi connectivity index (χ0) is 14.8. The van der Waals surface area contributed by atoms with Crippen LogP contribution in [0, 0.1) is 0 Å². The van der Waals surface area contributed by atoms with Crippen LogP contribution >= 0.6 is 34.4 Å². The highest BCUT2D eigenvalue weighted by molar-refractivity contribution is 8.02. The van der Waals surface area contributed by atoms with E-state index in [-0.39, 0.29) is 0 Å². The molecule has 3 heterocycles. The fourth-order valence-electron chi connectivity index (χ4n) is 1.77. The van der Waals surface area contributed by atoms with E-state index in [0.29, 0.717) is 0 Å². The number of aliphatic imine (C=N–C) groups is 2. The van der Waals surface area contributed by atoms with E-state index in [2.05, 4.69) is 9.98 Å². The van der Waals surface area contributed by atoms with Crippen molar-refractivity contribution in [2.75, 3.05) is 0 Å². The molecule has 2 unspecified atom stereocenters. The normalized spacial score (nSPS) is 29.0. The van der Waals surface area contributed by atoms with Crippen LogP contribution < -0.4 is 11.5 Å². The minimum atomic E-state index is -0.870. The molecule has 7 heteroatoms. The van der Waals surface area contributed by atoms with Crippen LogP contribution in [-0.4, -0.2) is 22.4 Å². The van der Waals surface area contributed by atoms with Gasteiger partial charge in [0.05, 0.1) is 0 Å². The van der Waals surface area contributed by atoms with Crippen LogP contribution in [0.15, 0.2) is 57.2 Å². The van der Waals surface area contributed by atoms with Crippen LogP contribution in [0.25, 0.3) is 0 Å². The van der Waals surface area contributed by atoms with Crippen molar-refractivity contribution >= 4 is 46.9 Å². The average Bonchev–Trinajstić information content (AvgIpc) is 3.17. The van der Waals surface area contributed by atoms with Gasteiger partial charge < -0.3 is 0 Å². The highest BCUT2D eigenvalue weighted by atomic mass is 32.2. The quantitative estimate of drug-likeness (QED) is 0.667. The third-order valence-electron chi connectivity index (χ3n) is 2.76. The van der Waals surface area contributed by atoms with E-state index in [0.717, 1.165) is 9.75 Å². The van der Waals surface area contributed by atoms with Crippen LogP contribution in [0.3, 0.4) is 0 Å². The van der Waals surface area contributed by atoms with Gasteiger partial charge in [-0.2, -0.15) is 0 Å². The lowest BCUT2D eigenvalue weighted by Crippen LogP contribution is -2.37. The summed E-state index contributed by atoms with van der Waals surface area (Å²) in [5.41, 5.74) is 12.5. The van der Waals surface area contributed by atoms with E-state index >= 15 is 0 Å². The maximum Gasteiger partial charge on any atom is 0.178 e. The maximum atomic E-state index is 6.23. The second kappa shape index (κ2) is 5.86. The van der Waals surface area contributed by atoms with Crippen molar-refractivity contribution in [3.8, 4) is 0 Å². The second-order valence-corrected chi connectivity index (χ2v) is 7.96. The topological polar surface area (TPSA) is 76.8 Å². The monoisotopic (exact) mass is 334 g/mol. The van der Waals surface area contributed by atoms with Gasteiger partial charge in [0.25, 0.3) is 0 Å². The zero-order valence-electron chi connectivity index (χ0n) is 11.0. The molecule has 0 bridgehead atoms. The first-order chi connectivity index (χ1) is 10.1. The van der Waals surface area contributed by atoms with Crippen molar-refractivity contribution in [1.29, 1.82) is 0 Å². The number of hydrogen-bond acceptors (Lipinski definition) is 7. The van der Waals surface area contributed by atoms with Crippen LogP contribution in [0.5, 0.6) is 0 Å². The van der Waals surface area contributed by atoms with Crippen LogP contribution in [-0.2, 0) is 0 Å². The van der Waals surface area contributed by atoms with Crippen LogP contribution in [0.4, 0.5) is 0 Å². The summed E-state index contributed by atoms with van der Waals surface area (Å²) in [5.74, 6) is 0. The molecular formula is C14H14N4S3. The van der Waals surface area contributed by atoms with E-state index in [1.165, 1.54) is 11.8 Å². The molecule has 2 aromatic rings. The van der Waals surface area contributed by atoms with Gasteiger partial charge in [0.1, 0.15) is 0 Å². The summed E-state index contributed by atoms with van der Waals surface area (Å²) in [7, 11) is 0. The number of hydrogen-bond donors (Lipinski definition) is 2. The first kappa shape index (κ1) is 14.7. The Morgan fingerprint density at radius 2 is 1.33 bits per heavy atom. The summed E-state index contributed by atoms with van der Waals surface area (Å²) in [6.07, 6.45) is 7.15. The molecule has 4 nitrogen and oxygen atoms in total. The molecule has 21 heavy (non-hydrogen) atoms. The highest BCUT2D eigenvalue weighted by Gasteiger charge is 2.39. The molecule has 0 radical (unpaired) electrons. The predicted octanol–water partition coefficient (Wildman–Crippen LogP) is 2.88. The lowest BCUT2D eigenvalue weighted by molar-refractivity contribution is 0.797. The number of nitrogens with two attached hydrogens (primary N) is 2. The predicted molar refractivity (Wildman–Crippen MR) is 94.4 cm³/mol. The summed E-state index contributed by atoms with van der Waals surface area (Å²) >= 11 is 4.55. The lowest BCUT2D eigenvalue weighted by Gasteiger charge is -2.22. The summed E-state index contributed by atoms with van der Waals surface area (Å²) < 4.78 is 0. The molecule has 0 amide bonds. The minimum absolute atomic E-state index is 0.870. The van der Waals surface area contributed by atoms with Gasteiger partial charge in [-0.3, -0.25) is 21.5 Å². The molecular weight excluding hydrogens is 320 g/mol. The van der Waals surface area contributed by atoms with Crippen molar-refractivity contribution in [1.82, 2.24) is 0 Å². The first-order valence-electron chi connectivity index (χ1n) is 6.23. The van der Waals surface area contributed by atoms with Gasteiger partial charge in [0, 0.05) is 22.2 Å². The Bertz CT molecular complexity index is 617. The van der Waals surface area contributed by atoms with E-state index < -0.39 is 9.99 Å². The molecule has 0 saturated carbocycles. The van der Waals surface area contributed by atoms with Crippen molar-refractivity contribution < 1.29 is 0 Å². The van der Waals surface area contributed by atoms with Crippen molar-refractivity contribution in [2.45, 2.75) is 9.99 Å². The summed E-state index contributed by atoms with van der Waals surface area (Å²) in [4.78, 5) is 9.23. The molecule has 2 atom stereocenters. The first-order valence-corrected chi connectivity index (χ1v) is 8.80. The molecule has 4 N–H and O–H groups in total. The molecule has 0 aromatic carbocycles. The Kier molecular flexibility index (Phi) is 4.10. The number of rotatable bonds is 4. The Hall–Kier alpha value is -1.25. The largest absolute Gasteiger partial charge is 0.295 e. The van der Waals surface area contributed by atoms with Gasteiger partial charge in [-0.15, -0.1) is 22.7 Å². The Labute approximate surface area is 135 Å². The third kappa shape index (κ3) is 3.69. The van der Waals surface area contributed by atoms with Gasteiger partial charge in [-0.25, -0.2) is 0 Å². The number of thiophene rings is 2. The van der Waals surface area contributed by atoms with Crippen LogP contribution in [0.2, 0.25) is 0 Å². The van der Waals surface area contributed by atoms with E-state index in [4.69, 9.17) is 11.5 Å². The van der Waals surface area contributed by atoms with Crippen LogP contribution in [0.1, 0.15) is 9.75 Å². The molecule has 108 valence electrons. The molecule has 0 saturated heterocycles. The molecule has 0 fully saturated rings. The Morgan fingerprint density at radius 3 is 1.71 bits per heavy atom. The standard InChI is InChI=1S/C14H14N4S3/c15-13(17-9-11-3-1-7-19-11)5-6-14(16,21-13)18-10-12-4-2-8-20-12/h1-10H,15-16H2/b17-9+,18-10+. The Balaban J connectivity index is 1.70. The van der Waals surface area contributed by atoms with Gasteiger partial charge in [0.15, 0.2) is 9.99 Å². The summed E-state index contributed by atoms with van der Waals surface area (Å²) in [6, 6.07) is 7.94. The second-order valence-electron chi connectivity index (χ2n) is 4.49. The van der Waals surface area contributed by atoms with Gasteiger partial charge >= 0.3 is 0 Å². The molecule has 1 aliphatic heterocycles. The van der Waals surface area contributed by atoms with Crippen molar-refractivity contribution in [3.63, 3.8) is 0 Å². The number of nitrogens with zero attached hydrogens (tertiary/aromatic N) is 2.